The van der Waals surface area contributed by atoms with Crippen LogP contribution in [-0.2, 0) is 13.0 Å². The zero-order valence-corrected chi connectivity index (χ0v) is 15.9. The van der Waals surface area contributed by atoms with E-state index in [1.165, 1.54) is 11.1 Å². The monoisotopic (exact) mass is 376 g/mol. The van der Waals surface area contributed by atoms with Crippen molar-refractivity contribution in [2.45, 2.75) is 31.8 Å². The Hall–Kier alpha value is -3.28. The van der Waals surface area contributed by atoms with Gasteiger partial charge in [-0.25, -0.2) is 0 Å². The van der Waals surface area contributed by atoms with Crippen LogP contribution in [0.5, 0.6) is 5.75 Å². The molecule has 1 atom stereocenters. The Labute approximate surface area is 164 Å². The molecule has 0 aliphatic heterocycles. The van der Waals surface area contributed by atoms with Gasteiger partial charge in [-0.05, 0) is 60.2 Å². The molecule has 1 aromatic heterocycles. The van der Waals surface area contributed by atoms with E-state index in [-0.39, 0.29) is 11.9 Å². The first-order chi connectivity index (χ1) is 13.6. The Balaban J connectivity index is 1.43. The summed E-state index contributed by atoms with van der Waals surface area (Å²) in [5, 5.41) is 7.49. The van der Waals surface area contributed by atoms with Crippen LogP contribution in [0.1, 0.15) is 45.9 Å². The van der Waals surface area contributed by atoms with Crippen molar-refractivity contribution in [3.8, 4) is 5.75 Å². The second kappa shape index (κ2) is 7.76. The summed E-state index contributed by atoms with van der Waals surface area (Å²) < 4.78 is 6.95. The minimum absolute atomic E-state index is 0.0155. The molecule has 0 radical (unpaired) electrons. The van der Waals surface area contributed by atoms with Gasteiger partial charge in [0.05, 0.1) is 31.5 Å². The first-order valence-corrected chi connectivity index (χ1v) is 9.47. The summed E-state index contributed by atoms with van der Waals surface area (Å²) in [5.74, 6) is 0.717. The van der Waals surface area contributed by atoms with Gasteiger partial charge < -0.3 is 15.8 Å². The Morgan fingerprint density at radius 3 is 2.89 bits per heavy atom. The van der Waals surface area contributed by atoms with Crippen LogP contribution in [0, 0.1) is 0 Å². The van der Waals surface area contributed by atoms with Crippen LogP contribution < -0.4 is 15.8 Å². The number of amides is 1. The third-order valence-corrected chi connectivity index (χ3v) is 5.19. The number of ether oxygens (including phenoxy) is 1. The number of hydrogen-bond donors (Lipinski definition) is 2. The fourth-order valence-corrected chi connectivity index (χ4v) is 3.71. The highest BCUT2D eigenvalue weighted by Crippen LogP contribution is 2.31. The van der Waals surface area contributed by atoms with E-state index in [9.17, 15) is 4.79 Å². The minimum Gasteiger partial charge on any atom is -0.497 e. The smallest absolute Gasteiger partial charge is 0.254 e. The summed E-state index contributed by atoms with van der Waals surface area (Å²) in [4.78, 5) is 12.7. The average molecular weight is 376 g/mol. The molecule has 1 aliphatic rings. The number of rotatable bonds is 5. The van der Waals surface area contributed by atoms with Gasteiger partial charge in [0.15, 0.2) is 0 Å². The lowest BCUT2D eigenvalue weighted by atomic mass is 9.87. The van der Waals surface area contributed by atoms with Gasteiger partial charge in [0.1, 0.15) is 5.75 Å². The van der Waals surface area contributed by atoms with Gasteiger partial charge in [-0.15, -0.1) is 0 Å². The third-order valence-electron chi connectivity index (χ3n) is 5.19. The maximum Gasteiger partial charge on any atom is 0.254 e. The quantitative estimate of drug-likeness (QED) is 0.669. The number of benzene rings is 2. The summed E-state index contributed by atoms with van der Waals surface area (Å²) in [6, 6.07) is 13.8. The first-order valence-electron chi connectivity index (χ1n) is 9.47. The maximum atomic E-state index is 12.7. The summed E-state index contributed by atoms with van der Waals surface area (Å²) in [6.45, 7) is 0.600. The molecule has 1 amide bonds. The van der Waals surface area contributed by atoms with Crippen molar-refractivity contribution < 1.29 is 9.53 Å². The number of nitrogens with one attached hydrogen (secondary N) is 1. The topological polar surface area (TPSA) is 82.2 Å². The lowest BCUT2D eigenvalue weighted by Crippen LogP contribution is -2.30. The van der Waals surface area contributed by atoms with Crippen molar-refractivity contribution in [2.24, 2.45) is 0 Å². The second-order valence-electron chi connectivity index (χ2n) is 7.15. The van der Waals surface area contributed by atoms with Gasteiger partial charge in [0, 0.05) is 11.9 Å². The van der Waals surface area contributed by atoms with Crippen LogP contribution in [0.25, 0.3) is 0 Å². The summed E-state index contributed by atoms with van der Waals surface area (Å²) in [7, 11) is 1.65. The van der Waals surface area contributed by atoms with Gasteiger partial charge >= 0.3 is 0 Å². The number of hydrogen-bond acceptors (Lipinski definition) is 4. The lowest BCUT2D eigenvalue weighted by molar-refractivity contribution is 0.0932. The van der Waals surface area contributed by atoms with E-state index in [1.807, 2.05) is 42.5 Å². The first kappa shape index (κ1) is 18.1. The van der Waals surface area contributed by atoms with Gasteiger partial charge in [0.2, 0.25) is 0 Å². The molecule has 0 spiro atoms. The number of aryl methyl sites for hydroxylation is 1. The molecule has 2 aromatic carbocycles. The van der Waals surface area contributed by atoms with E-state index < -0.39 is 0 Å². The molecule has 0 saturated carbocycles. The Morgan fingerprint density at radius 1 is 1.29 bits per heavy atom. The number of nitrogens with zero attached hydrogens (tertiary/aromatic N) is 2. The predicted octanol–water partition coefficient (Wildman–Crippen LogP) is 3.33. The number of nitrogen functional groups attached to an aromatic ring is 1. The van der Waals surface area contributed by atoms with Crippen molar-refractivity contribution in [1.82, 2.24) is 15.1 Å². The maximum absolute atomic E-state index is 12.7. The summed E-state index contributed by atoms with van der Waals surface area (Å²) in [5.41, 5.74) is 10.7. The average Bonchev–Trinajstić information content (AvgIpc) is 3.17. The fourth-order valence-electron chi connectivity index (χ4n) is 3.71. The standard InChI is InChI=1S/C22H24N4O2/c1-28-19-8-5-15(6-9-19)13-26-14-17(12-24-26)22(27)25-21-4-2-3-16-11-18(23)7-10-20(16)21/h5-12,14,21H,2-4,13,23H2,1H3,(H,25,27). The van der Waals surface area contributed by atoms with Crippen molar-refractivity contribution in [3.05, 3.63) is 77.1 Å². The molecule has 1 aliphatic carbocycles. The molecule has 6 nitrogen and oxygen atoms in total. The highest BCUT2D eigenvalue weighted by atomic mass is 16.5. The molecule has 3 aromatic rings. The molecule has 1 unspecified atom stereocenters. The fraction of sp³-hybridized carbons (Fsp3) is 0.273. The minimum atomic E-state index is -0.101. The van der Waals surface area contributed by atoms with Crippen LogP contribution in [0.2, 0.25) is 0 Å². The molecular formula is C22H24N4O2. The number of aromatic nitrogens is 2. The van der Waals surface area contributed by atoms with Gasteiger partial charge in [0.25, 0.3) is 5.91 Å². The van der Waals surface area contributed by atoms with Crippen LogP contribution in [-0.4, -0.2) is 22.8 Å². The highest BCUT2D eigenvalue weighted by molar-refractivity contribution is 5.94. The summed E-state index contributed by atoms with van der Waals surface area (Å²) in [6.07, 6.45) is 6.38. The number of carbonyl (C=O) groups is 1. The van der Waals surface area contributed by atoms with E-state index in [1.54, 1.807) is 24.2 Å². The largest absolute Gasteiger partial charge is 0.497 e. The van der Waals surface area contributed by atoms with E-state index in [0.29, 0.717) is 12.1 Å². The number of carbonyl (C=O) groups excluding carboxylic acids is 1. The van der Waals surface area contributed by atoms with E-state index in [2.05, 4.69) is 10.4 Å². The molecule has 0 fully saturated rings. The lowest BCUT2D eigenvalue weighted by Gasteiger charge is -2.26. The normalized spacial score (nSPS) is 15.7. The second-order valence-corrected chi connectivity index (χ2v) is 7.15. The molecule has 144 valence electrons. The molecule has 3 N–H and O–H groups in total. The van der Waals surface area contributed by atoms with Gasteiger partial charge in [-0.1, -0.05) is 18.2 Å². The van der Waals surface area contributed by atoms with Crippen LogP contribution in [0.4, 0.5) is 5.69 Å². The third kappa shape index (κ3) is 3.86. The van der Waals surface area contributed by atoms with Crippen LogP contribution >= 0.6 is 0 Å². The van der Waals surface area contributed by atoms with Crippen molar-refractivity contribution in [1.29, 1.82) is 0 Å². The van der Waals surface area contributed by atoms with E-state index in [4.69, 9.17) is 10.5 Å². The molecule has 1 heterocycles. The van der Waals surface area contributed by atoms with E-state index >= 15 is 0 Å². The Morgan fingerprint density at radius 2 is 2.11 bits per heavy atom. The van der Waals surface area contributed by atoms with E-state index in [0.717, 1.165) is 36.3 Å². The van der Waals surface area contributed by atoms with Crippen molar-refractivity contribution in [2.75, 3.05) is 12.8 Å². The zero-order chi connectivity index (χ0) is 19.5. The molecule has 6 heteroatoms. The van der Waals surface area contributed by atoms with Crippen molar-refractivity contribution >= 4 is 11.6 Å². The van der Waals surface area contributed by atoms with Gasteiger partial charge in [-0.2, -0.15) is 5.10 Å². The number of nitrogens with two attached hydrogens (primary N) is 1. The molecule has 4 rings (SSSR count). The van der Waals surface area contributed by atoms with Crippen LogP contribution in [0.15, 0.2) is 54.9 Å². The molecule has 0 bridgehead atoms. The zero-order valence-electron chi connectivity index (χ0n) is 15.9. The predicted molar refractivity (Wildman–Crippen MR) is 108 cm³/mol. The molecular weight excluding hydrogens is 352 g/mol. The highest BCUT2D eigenvalue weighted by Gasteiger charge is 2.23. The Kier molecular flexibility index (Phi) is 5.02. The molecule has 28 heavy (non-hydrogen) atoms. The summed E-state index contributed by atoms with van der Waals surface area (Å²) >= 11 is 0. The molecule has 0 saturated heterocycles. The van der Waals surface area contributed by atoms with Gasteiger partial charge in [-0.3, -0.25) is 9.48 Å². The number of anilines is 1. The van der Waals surface area contributed by atoms with Crippen LogP contribution in [0.3, 0.4) is 0 Å². The Bertz CT molecular complexity index is 978. The van der Waals surface area contributed by atoms with Crippen molar-refractivity contribution in [3.63, 3.8) is 0 Å². The SMILES string of the molecule is COc1ccc(Cn2cc(C(=O)NC3CCCc4cc(N)ccc43)cn2)cc1. The number of methoxy groups -OCH3 is 1. The number of fused-ring (bicyclic) bond motifs is 1.